The van der Waals surface area contributed by atoms with Crippen LogP contribution in [0.4, 0.5) is 11.8 Å². The number of thiophene rings is 1. The number of rotatable bonds is 5. The number of aryl methyl sites for hydroxylation is 1. The first-order valence-corrected chi connectivity index (χ1v) is 11.4. The van der Waals surface area contributed by atoms with Crippen LogP contribution in [-0.4, -0.2) is 34.1 Å². The van der Waals surface area contributed by atoms with Crippen LogP contribution in [0, 0.1) is 12.8 Å². The molecule has 3 aromatic rings. The van der Waals surface area contributed by atoms with Crippen molar-refractivity contribution in [3.63, 3.8) is 0 Å². The van der Waals surface area contributed by atoms with E-state index < -0.39 is 5.97 Å². The summed E-state index contributed by atoms with van der Waals surface area (Å²) in [5.41, 5.74) is 0.961. The average molecular weight is 486 g/mol. The maximum absolute atomic E-state index is 11.2. The second-order valence-electron chi connectivity index (χ2n) is 7.23. The van der Waals surface area contributed by atoms with E-state index in [1.807, 2.05) is 24.0 Å². The van der Waals surface area contributed by atoms with Crippen molar-refractivity contribution in [3.8, 4) is 0 Å². The molecule has 30 heavy (non-hydrogen) atoms. The maximum Gasteiger partial charge on any atom is 0.306 e. The number of carbonyl (C=O) groups is 1. The molecule has 2 N–H and O–H groups in total. The highest BCUT2D eigenvalue weighted by Crippen LogP contribution is 2.39. The lowest BCUT2D eigenvalue weighted by Gasteiger charge is -2.30. The van der Waals surface area contributed by atoms with Crippen LogP contribution in [-0.2, 0) is 11.3 Å². The predicted octanol–water partition coefficient (Wildman–Crippen LogP) is 5.87. The van der Waals surface area contributed by atoms with Gasteiger partial charge in [0.05, 0.1) is 26.4 Å². The number of aromatic nitrogens is 2. The van der Waals surface area contributed by atoms with Gasteiger partial charge in [0, 0.05) is 24.5 Å². The molecule has 1 aliphatic heterocycles. The van der Waals surface area contributed by atoms with E-state index >= 15 is 0 Å². The predicted molar refractivity (Wildman–Crippen MR) is 124 cm³/mol. The summed E-state index contributed by atoms with van der Waals surface area (Å²) in [6.07, 6.45) is 1.15. The van der Waals surface area contributed by atoms with E-state index in [1.165, 1.54) is 11.3 Å². The first kappa shape index (κ1) is 21.4. The smallest absolute Gasteiger partial charge is 0.306 e. The van der Waals surface area contributed by atoms with E-state index in [2.05, 4.69) is 5.32 Å². The van der Waals surface area contributed by atoms with Crippen molar-refractivity contribution in [2.24, 2.45) is 5.92 Å². The topological polar surface area (TPSA) is 78.4 Å². The van der Waals surface area contributed by atoms with E-state index in [-0.39, 0.29) is 5.92 Å². The zero-order valence-corrected chi connectivity index (χ0v) is 19.2. The third-order valence-electron chi connectivity index (χ3n) is 5.21. The number of halogens is 3. The van der Waals surface area contributed by atoms with Gasteiger partial charge < -0.3 is 15.3 Å². The molecule has 4 rings (SSSR count). The molecule has 2 aromatic heterocycles. The Labute approximate surface area is 192 Å². The van der Waals surface area contributed by atoms with E-state index in [4.69, 9.17) is 44.8 Å². The quantitative estimate of drug-likeness (QED) is 0.470. The molecule has 0 unspecified atom stereocenters. The summed E-state index contributed by atoms with van der Waals surface area (Å²) in [5.74, 6) is 0.183. The van der Waals surface area contributed by atoms with Gasteiger partial charge in [-0.3, -0.25) is 4.79 Å². The minimum atomic E-state index is -0.740. The standard InChI is InChI=1S/C20H19Cl3N4O2S/c1-10-16(23)15-17(24-9-11-2-3-13(21)14(22)8-11)25-20(26-18(15)30-10)27-6-4-12(5-7-27)19(28)29/h2-3,8,12H,4-7,9H2,1H3,(H,28,29)(H,24,25,26). The fourth-order valence-corrected chi connectivity index (χ4v) is 5.08. The third kappa shape index (κ3) is 4.30. The van der Waals surface area contributed by atoms with Crippen molar-refractivity contribution < 1.29 is 9.90 Å². The van der Waals surface area contributed by atoms with Crippen molar-refractivity contribution in [2.45, 2.75) is 26.3 Å². The second kappa shape index (κ2) is 8.75. The highest BCUT2D eigenvalue weighted by molar-refractivity contribution is 7.19. The number of piperidine rings is 1. The van der Waals surface area contributed by atoms with Crippen molar-refractivity contribution in [3.05, 3.63) is 43.7 Å². The van der Waals surface area contributed by atoms with Gasteiger partial charge >= 0.3 is 5.97 Å². The number of fused-ring (bicyclic) bond motifs is 1. The molecular formula is C20H19Cl3N4O2S. The summed E-state index contributed by atoms with van der Waals surface area (Å²) in [6, 6.07) is 5.47. The van der Waals surface area contributed by atoms with Gasteiger partial charge in [0.15, 0.2) is 0 Å². The molecule has 1 aromatic carbocycles. The van der Waals surface area contributed by atoms with Crippen molar-refractivity contribution in [1.82, 2.24) is 9.97 Å². The lowest BCUT2D eigenvalue weighted by molar-refractivity contribution is -0.142. The molecule has 1 aliphatic rings. The Bertz CT molecular complexity index is 1110. The zero-order valence-electron chi connectivity index (χ0n) is 16.1. The fraction of sp³-hybridized carbons (Fsp3) is 0.350. The Morgan fingerprint density at radius 1 is 1.23 bits per heavy atom. The van der Waals surface area contributed by atoms with E-state index in [1.54, 1.807) is 6.07 Å². The molecule has 0 aliphatic carbocycles. The second-order valence-corrected chi connectivity index (χ2v) is 9.62. The molecular weight excluding hydrogens is 467 g/mol. The normalized spacial score (nSPS) is 15.0. The number of anilines is 2. The molecule has 0 atom stereocenters. The van der Waals surface area contributed by atoms with Gasteiger partial charge in [0.2, 0.25) is 5.95 Å². The zero-order chi connectivity index (χ0) is 21.4. The first-order valence-electron chi connectivity index (χ1n) is 9.45. The van der Waals surface area contributed by atoms with Crippen LogP contribution in [0.5, 0.6) is 0 Å². The number of hydrogen-bond donors (Lipinski definition) is 2. The summed E-state index contributed by atoms with van der Waals surface area (Å²) < 4.78 is 0. The molecule has 0 spiro atoms. The Morgan fingerprint density at radius 3 is 2.63 bits per heavy atom. The molecule has 0 bridgehead atoms. The van der Waals surface area contributed by atoms with E-state index in [9.17, 15) is 9.90 Å². The maximum atomic E-state index is 11.2. The van der Waals surface area contributed by atoms with Gasteiger partial charge in [-0.1, -0.05) is 40.9 Å². The first-order chi connectivity index (χ1) is 14.3. The Morgan fingerprint density at radius 2 is 1.97 bits per heavy atom. The molecule has 0 radical (unpaired) electrons. The number of carboxylic acid groups (broad SMARTS) is 1. The molecule has 3 heterocycles. The van der Waals surface area contributed by atoms with Gasteiger partial charge in [-0.05, 0) is 37.5 Å². The summed E-state index contributed by atoms with van der Waals surface area (Å²) in [6.45, 7) is 3.66. The monoisotopic (exact) mass is 484 g/mol. The van der Waals surface area contributed by atoms with Crippen LogP contribution < -0.4 is 10.2 Å². The SMILES string of the molecule is Cc1sc2nc(N3CCC(C(=O)O)CC3)nc(NCc3ccc(Cl)c(Cl)c3)c2c1Cl. The molecule has 1 saturated heterocycles. The number of carboxylic acids is 1. The van der Waals surface area contributed by atoms with Gasteiger partial charge in [-0.25, -0.2) is 4.98 Å². The molecule has 158 valence electrons. The van der Waals surface area contributed by atoms with Gasteiger partial charge in [-0.2, -0.15) is 4.98 Å². The van der Waals surface area contributed by atoms with Crippen LogP contribution in [0.15, 0.2) is 18.2 Å². The summed E-state index contributed by atoms with van der Waals surface area (Å²) in [5, 5.41) is 15.0. The number of nitrogens with zero attached hydrogens (tertiary/aromatic N) is 3. The third-order valence-corrected chi connectivity index (χ3v) is 7.54. The van der Waals surface area contributed by atoms with Crippen molar-refractivity contribution in [1.29, 1.82) is 0 Å². The Kier molecular flexibility index (Phi) is 6.25. The van der Waals surface area contributed by atoms with Gasteiger partial charge in [0.25, 0.3) is 0 Å². The number of benzene rings is 1. The van der Waals surface area contributed by atoms with Gasteiger partial charge in [0.1, 0.15) is 10.6 Å². The highest BCUT2D eigenvalue weighted by Gasteiger charge is 2.27. The average Bonchev–Trinajstić information content (AvgIpc) is 3.02. The van der Waals surface area contributed by atoms with Gasteiger partial charge in [-0.15, -0.1) is 11.3 Å². The van der Waals surface area contributed by atoms with E-state index in [0.29, 0.717) is 59.3 Å². The minimum Gasteiger partial charge on any atom is -0.481 e. The molecule has 0 saturated carbocycles. The number of hydrogen-bond acceptors (Lipinski definition) is 6. The van der Waals surface area contributed by atoms with Crippen LogP contribution >= 0.6 is 46.1 Å². The summed E-state index contributed by atoms with van der Waals surface area (Å²) in [7, 11) is 0. The molecule has 6 nitrogen and oxygen atoms in total. The van der Waals surface area contributed by atoms with Crippen LogP contribution in [0.25, 0.3) is 10.2 Å². The van der Waals surface area contributed by atoms with Crippen molar-refractivity contribution >= 4 is 74.1 Å². The summed E-state index contributed by atoms with van der Waals surface area (Å²) >= 11 is 20.2. The highest BCUT2D eigenvalue weighted by atomic mass is 35.5. The molecule has 0 amide bonds. The Balaban J connectivity index is 1.63. The van der Waals surface area contributed by atoms with Crippen LogP contribution in [0.3, 0.4) is 0 Å². The van der Waals surface area contributed by atoms with Crippen LogP contribution in [0.2, 0.25) is 15.1 Å². The largest absolute Gasteiger partial charge is 0.481 e. The molecule has 1 fully saturated rings. The number of aliphatic carboxylic acids is 1. The molecule has 10 heteroatoms. The minimum absolute atomic E-state index is 0.310. The fourth-order valence-electron chi connectivity index (χ4n) is 3.50. The number of nitrogens with one attached hydrogen (secondary N) is 1. The lowest BCUT2D eigenvalue weighted by atomic mass is 9.97. The van der Waals surface area contributed by atoms with E-state index in [0.717, 1.165) is 20.7 Å². The van der Waals surface area contributed by atoms with Crippen molar-refractivity contribution in [2.75, 3.05) is 23.3 Å². The lowest BCUT2D eigenvalue weighted by Crippen LogP contribution is -2.37. The Hall–Kier alpha value is -1.80. The summed E-state index contributed by atoms with van der Waals surface area (Å²) in [4.78, 5) is 24.5. The van der Waals surface area contributed by atoms with Crippen LogP contribution in [0.1, 0.15) is 23.3 Å².